The SMILES string of the molecule is COCC(N)C(=O)N(C)C(C)c1ccc(C)s1. The van der Waals surface area contributed by atoms with Crippen molar-refractivity contribution in [1.29, 1.82) is 0 Å². The summed E-state index contributed by atoms with van der Waals surface area (Å²) in [5, 5.41) is 0. The number of carbonyl (C=O) groups is 1. The largest absolute Gasteiger partial charge is 0.383 e. The Balaban J connectivity index is 2.69. The van der Waals surface area contributed by atoms with Gasteiger partial charge < -0.3 is 15.4 Å². The molecule has 96 valence electrons. The highest BCUT2D eigenvalue weighted by atomic mass is 32.1. The highest BCUT2D eigenvalue weighted by molar-refractivity contribution is 7.12. The number of hydrogen-bond acceptors (Lipinski definition) is 4. The molecule has 1 heterocycles. The Hall–Kier alpha value is -0.910. The summed E-state index contributed by atoms with van der Waals surface area (Å²) in [6, 6.07) is 3.57. The molecule has 1 aromatic rings. The Morgan fingerprint density at radius 3 is 2.71 bits per heavy atom. The number of nitrogens with two attached hydrogens (primary N) is 1. The van der Waals surface area contributed by atoms with E-state index in [2.05, 4.69) is 19.1 Å². The quantitative estimate of drug-likeness (QED) is 0.869. The van der Waals surface area contributed by atoms with Crippen LogP contribution in [0.1, 0.15) is 22.7 Å². The molecule has 1 amide bonds. The smallest absolute Gasteiger partial charge is 0.242 e. The number of amides is 1. The summed E-state index contributed by atoms with van der Waals surface area (Å²) in [5.74, 6) is -0.0922. The third-order valence-electron chi connectivity index (χ3n) is 2.76. The second-order valence-corrected chi connectivity index (χ2v) is 5.45. The molecule has 0 aliphatic heterocycles. The Labute approximate surface area is 106 Å². The summed E-state index contributed by atoms with van der Waals surface area (Å²) in [6.07, 6.45) is 0. The predicted molar refractivity (Wildman–Crippen MR) is 70.1 cm³/mol. The lowest BCUT2D eigenvalue weighted by Crippen LogP contribution is -2.45. The zero-order valence-corrected chi connectivity index (χ0v) is 11.6. The second kappa shape index (κ2) is 6.14. The molecule has 0 bridgehead atoms. The summed E-state index contributed by atoms with van der Waals surface area (Å²) < 4.78 is 4.89. The van der Waals surface area contributed by atoms with Crippen LogP contribution in [-0.2, 0) is 9.53 Å². The van der Waals surface area contributed by atoms with Crippen molar-refractivity contribution in [3.05, 3.63) is 21.9 Å². The van der Waals surface area contributed by atoms with Gasteiger partial charge in [-0.2, -0.15) is 0 Å². The standard InChI is InChI=1S/C12H20N2O2S/c1-8-5-6-11(17-8)9(2)14(3)12(15)10(13)7-16-4/h5-6,9-10H,7,13H2,1-4H3. The normalized spacial score (nSPS) is 14.4. The van der Waals surface area contributed by atoms with Gasteiger partial charge in [-0.3, -0.25) is 4.79 Å². The van der Waals surface area contributed by atoms with Crippen LogP contribution in [0.25, 0.3) is 0 Å². The molecule has 2 N–H and O–H groups in total. The average molecular weight is 256 g/mol. The molecule has 0 spiro atoms. The predicted octanol–water partition coefficient (Wildman–Crippen LogP) is 1.55. The van der Waals surface area contributed by atoms with Gasteiger partial charge in [-0.15, -0.1) is 11.3 Å². The first-order valence-electron chi connectivity index (χ1n) is 5.55. The maximum absolute atomic E-state index is 12.0. The number of nitrogens with zero attached hydrogens (tertiary/aromatic N) is 1. The first-order chi connectivity index (χ1) is 7.97. The van der Waals surface area contributed by atoms with Crippen molar-refractivity contribution in [2.24, 2.45) is 5.73 Å². The third-order valence-corrected chi connectivity index (χ3v) is 3.94. The van der Waals surface area contributed by atoms with Crippen LogP contribution in [0, 0.1) is 6.92 Å². The van der Waals surface area contributed by atoms with E-state index in [-0.39, 0.29) is 18.6 Å². The summed E-state index contributed by atoms with van der Waals surface area (Å²) in [6.45, 7) is 4.31. The molecule has 5 heteroatoms. The van der Waals surface area contributed by atoms with Crippen LogP contribution >= 0.6 is 11.3 Å². The third kappa shape index (κ3) is 3.52. The Bertz CT molecular complexity index is 378. The molecule has 0 radical (unpaired) electrons. The molecule has 0 aromatic carbocycles. The minimum absolute atomic E-state index is 0.0455. The molecular formula is C12H20N2O2S. The maximum atomic E-state index is 12.0. The van der Waals surface area contributed by atoms with Gasteiger partial charge >= 0.3 is 0 Å². The van der Waals surface area contributed by atoms with E-state index in [0.29, 0.717) is 0 Å². The zero-order chi connectivity index (χ0) is 13.0. The highest BCUT2D eigenvalue weighted by Crippen LogP contribution is 2.26. The number of methoxy groups -OCH3 is 1. The van der Waals surface area contributed by atoms with Crippen LogP contribution in [0.5, 0.6) is 0 Å². The van der Waals surface area contributed by atoms with E-state index in [1.165, 1.54) is 9.75 Å². The van der Waals surface area contributed by atoms with Crippen molar-refractivity contribution >= 4 is 17.2 Å². The van der Waals surface area contributed by atoms with E-state index in [1.807, 2.05) is 6.92 Å². The lowest BCUT2D eigenvalue weighted by molar-refractivity contribution is -0.134. The maximum Gasteiger partial charge on any atom is 0.242 e. The summed E-state index contributed by atoms with van der Waals surface area (Å²) in [7, 11) is 3.32. The fraction of sp³-hybridized carbons (Fsp3) is 0.583. The van der Waals surface area contributed by atoms with Gasteiger partial charge in [0.05, 0.1) is 12.6 Å². The topological polar surface area (TPSA) is 55.6 Å². The molecule has 0 aliphatic rings. The lowest BCUT2D eigenvalue weighted by atomic mass is 10.2. The summed E-state index contributed by atoms with van der Waals surface area (Å²) in [4.78, 5) is 16.1. The molecule has 2 unspecified atom stereocenters. The van der Waals surface area contributed by atoms with E-state index in [9.17, 15) is 4.79 Å². The molecule has 1 rings (SSSR count). The van der Waals surface area contributed by atoms with Crippen LogP contribution < -0.4 is 5.73 Å². The van der Waals surface area contributed by atoms with E-state index in [0.717, 1.165) is 0 Å². The molecule has 17 heavy (non-hydrogen) atoms. The molecule has 4 nitrogen and oxygen atoms in total. The number of rotatable bonds is 5. The van der Waals surface area contributed by atoms with E-state index < -0.39 is 6.04 Å². The highest BCUT2D eigenvalue weighted by Gasteiger charge is 2.23. The molecule has 2 atom stereocenters. The van der Waals surface area contributed by atoms with Crippen molar-refractivity contribution in [2.75, 3.05) is 20.8 Å². The molecule has 0 fully saturated rings. The van der Waals surface area contributed by atoms with Crippen LogP contribution in [0.15, 0.2) is 12.1 Å². The Morgan fingerprint density at radius 1 is 1.59 bits per heavy atom. The number of thiophene rings is 1. The fourth-order valence-electron chi connectivity index (χ4n) is 1.57. The average Bonchev–Trinajstić information content (AvgIpc) is 2.73. The number of hydrogen-bond donors (Lipinski definition) is 1. The minimum Gasteiger partial charge on any atom is -0.383 e. The van der Waals surface area contributed by atoms with Gasteiger partial charge in [0.2, 0.25) is 5.91 Å². The van der Waals surface area contributed by atoms with Gasteiger partial charge in [-0.1, -0.05) is 0 Å². The van der Waals surface area contributed by atoms with Crippen LogP contribution in [0.4, 0.5) is 0 Å². The Morgan fingerprint density at radius 2 is 2.24 bits per heavy atom. The molecule has 0 saturated heterocycles. The molecule has 1 aromatic heterocycles. The minimum atomic E-state index is -0.589. The lowest BCUT2D eigenvalue weighted by Gasteiger charge is -2.26. The van der Waals surface area contributed by atoms with E-state index in [4.69, 9.17) is 10.5 Å². The fourth-order valence-corrected chi connectivity index (χ4v) is 2.54. The first-order valence-corrected chi connectivity index (χ1v) is 6.36. The summed E-state index contributed by atoms with van der Waals surface area (Å²) >= 11 is 1.70. The molecule has 0 saturated carbocycles. The van der Waals surface area contributed by atoms with Crippen LogP contribution in [0.2, 0.25) is 0 Å². The van der Waals surface area contributed by atoms with E-state index >= 15 is 0 Å². The molecular weight excluding hydrogens is 236 g/mol. The summed E-state index contributed by atoms with van der Waals surface area (Å²) in [5.41, 5.74) is 5.74. The van der Waals surface area contributed by atoms with Crippen molar-refractivity contribution in [3.8, 4) is 0 Å². The monoisotopic (exact) mass is 256 g/mol. The van der Waals surface area contributed by atoms with Gasteiger partial charge in [0.1, 0.15) is 6.04 Å². The van der Waals surface area contributed by atoms with Gasteiger partial charge in [-0.05, 0) is 26.0 Å². The zero-order valence-electron chi connectivity index (χ0n) is 10.8. The van der Waals surface area contributed by atoms with Crippen molar-refractivity contribution in [2.45, 2.75) is 25.9 Å². The number of likely N-dealkylation sites (N-methyl/N-ethyl adjacent to an activating group) is 1. The van der Waals surface area contributed by atoms with Gasteiger partial charge in [-0.25, -0.2) is 0 Å². The molecule has 0 aliphatic carbocycles. The first kappa shape index (κ1) is 14.2. The van der Waals surface area contributed by atoms with Gasteiger partial charge in [0.25, 0.3) is 0 Å². The van der Waals surface area contributed by atoms with Gasteiger partial charge in [0, 0.05) is 23.9 Å². The number of carbonyl (C=O) groups excluding carboxylic acids is 1. The van der Waals surface area contributed by atoms with E-state index in [1.54, 1.807) is 30.4 Å². The number of aryl methyl sites for hydroxylation is 1. The number of ether oxygens (including phenoxy) is 1. The second-order valence-electron chi connectivity index (χ2n) is 4.14. The van der Waals surface area contributed by atoms with Gasteiger partial charge in [0.15, 0.2) is 0 Å². The van der Waals surface area contributed by atoms with Crippen LogP contribution in [-0.4, -0.2) is 37.6 Å². The van der Waals surface area contributed by atoms with Crippen molar-refractivity contribution in [3.63, 3.8) is 0 Å². The van der Waals surface area contributed by atoms with Crippen LogP contribution in [0.3, 0.4) is 0 Å². The Kier molecular flexibility index (Phi) is 5.11. The van der Waals surface area contributed by atoms with Crippen molar-refractivity contribution < 1.29 is 9.53 Å². The van der Waals surface area contributed by atoms with Crippen molar-refractivity contribution in [1.82, 2.24) is 4.90 Å².